The van der Waals surface area contributed by atoms with E-state index in [4.69, 9.17) is 18.9 Å². The lowest BCUT2D eigenvalue weighted by molar-refractivity contribution is 0.0928. The van der Waals surface area contributed by atoms with Gasteiger partial charge in [0.15, 0.2) is 0 Å². The van der Waals surface area contributed by atoms with E-state index in [-0.39, 0.29) is 12.1 Å². The highest BCUT2D eigenvalue weighted by Gasteiger charge is 2.21. The SMILES string of the molecule is c1ccc(C2=N[C@H](COCc3cccc(COC[C@@H]4COC(c5ccccc5)=N4)n3)CO2)cc1. The van der Waals surface area contributed by atoms with Crippen molar-refractivity contribution in [3.05, 3.63) is 101 Å². The van der Waals surface area contributed by atoms with Crippen LogP contribution < -0.4 is 0 Å². The van der Waals surface area contributed by atoms with Crippen LogP contribution in [0.1, 0.15) is 22.5 Å². The van der Waals surface area contributed by atoms with Crippen LogP contribution in [0.25, 0.3) is 0 Å². The smallest absolute Gasteiger partial charge is 0.216 e. The van der Waals surface area contributed by atoms with Crippen molar-refractivity contribution in [2.24, 2.45) is 9.98 Å². The molecule has 0 amide bonds. The zero-order valence-electron chi connectivity index (χ0n) is 18.9. The average molecular weight is 458 g/mol. The second kappa shape index (κ2) is 11.0. The molecule has 0 saturated heterocycles. The number of rotatable bonds is 10. The molecule has 2 aromatic carbocycles. The van der Waals surface area contributed by atoms with Crippen molar-refractivity contribution in [1.82, 2.24) is 4.98 Å². The average Bonchev–Trinajstić information content (AvgIpc) is 3.56. The van der Waals surface area contributed by atoms with Crippen molar-refractivity contribution in [1.29, 1.82) is 0 Å². The van der Waals surface area contributed by atoms with Gasteiger partial charge in [-0.05, 0) is 36.4 Å². The number of ether oxygens (including phenoxy) is 4. The molecule has 1 aromatic heterocycles. The van der Waals surface area contributed by atoms with E-state index in [0.717, 1.165) is 22.5 Å². The molecule has 174 valence electrons. The summed E-state index contributed by atoms with van der Waals surface area (Å²) in [6.07, 6.45) is 0. The third-order valence-corrected chi connectivity index (χ3v) is 5.45. The van der Waals surface area contributed by atoms with Crippen LogP contribution in [0.4, 0.5) is 0 Å². The van der Waals surface area contributed by atoms with Gasteiger partial charge in [-0.2, -0.15) is 0 Å². The summed E-state index contributed by atoms with van der Waals surface area (Å²) >= 11 is 0. The number of nitrogens with zero attached hydrogens (tertiary/aromatic N) is 3. The van der Waals surface area contributed by atoms with Crippen LogP contribution >= 0.6 is 0 Å². The zero-order chi connectivity index (χ0) is 23.0. The molecule has 7 heteroatoms. The summed E-state index contributed by atoms with van der Waals surface area (Å²) in [4.78, 5) is 13.9. The molecule has 0 radical (unpaired) electrons. The fraction of sp³-hybridized carbons (Fsp3) is 0.296. The van der Waals surface area contributed by atoms with Crippen LogP contribution in [0.5, 0.6) is 0 Å². The van der Waals surface area contributed by atoms with Crippen molar-refractivity contribution in [3.8, 4) is 0 Å². The van der Waals surface area contributed by atoms with Crippen LogP contribution in [0.3, 0.4) is 0 Å². The molecule has 3 aromatic rings. The van der Waals surface area contributed by atoms with Crippen molar-refractivity contribution >= 4 is 11.8 Å². The second-order valence-corrected chi connectivity index (χ2v) is 8.18. The van der Waals surface area contributed by atoms with Crippen molar-refractivity contribution < 1.29 is 18.9 Å². The van der Waals surface area contributed by atoms with Crippen LogP contribution in [-0.2, 0) is 32.2 Å². The predicted molar refractivity (Wildman–Crippen MR) is 129 cm³/mol. The minimum Gasteiger partial charge on any atom is -0.475 e. The Labute approximate surface area is 199 Å². The number of aromatic nitrogens is 1. The molecule has 7 nitrogen and oxygen atoms in total. The summed E-state index contributed by atoms with van der Waals surface area (Å²) in [7, 11) is 0. The summed E-state index contributed by atoms with van der Waals surface area (Å²) in [6.45, 7) is 2.88. The zero-order valence-corrected chi connectivity index (χ0v) is 18.9. The molecular weight excluding hydrogens is 430 g/mol. The Morgan fingerprint density at radius 2 is 1.09 bits per heavy atom. The molecule has 2 aliphatic rings. The first-order valence-corrected chi connectivity index (χ1v) is 11.5. The Morgan fingerprint density at radius 3 is 1.56 bits per heavy atom. The fourth-order valence-corrected chi connectivity index (χ4v) is 3.77. The molecule has 2 atom stereocenters. The minimum absolute atomic E-state index is 0.00307. The summed E-state index contributed by atoms with van der Waals surface area (Å²) in [6, 6.07) is 25.7. The second-order valence-electron chi connectivity index (χ2n) is 8.18. The maximum Gasteiger partial charge on any atom is 0.216 e. The Hall–Kier alpha value is -3.55. The number of pyridine rings is 1. The van der Waals surface area contributed by atoms with Crippen molar-refractivity contribution in [2.75, 3.05) is 26.4 Å². The number of aliphatic imine (C=N–C) groups is 2. The summed E-state index contributed by atoms with van der Waals surface area (Å²) in [5.74, 6) is 1.36. The Kier molecular flexibility index (Phi) is 7.23. The molecule has 2 aliphatic heterocycles. The largest absolute Gasteiger partial charge is 0.475 e. The highest BCUT2D eigenvalue weighted by molar-refractivity contribution is 5.95. The third-order valence-electron chi connectivity index (χ3n) is 5.45. The normalized spacial score (nSPS) is 19.3. The van der Waals surface area contributed by atoms with E-state index in [1.165, 1.54) is 0 Å². The number of hydrogen-bond donors (Lipinski definition) is 0. The van der Waals surface area contributed by atoms with Crippen LogP contribution in [0.2, 0.25) is 0 Å². The van der Waals surface area contributed by atoms with Crippen LogP contribution in [0, 0.1) is 0 Å². The van der Waals surface area contributed by atoms with E-state index in [9.17, 15) is 0 Å². The van der Waals surface area contributed by atoms with Gasteiger partial charge in [-0.3, -0.25) is 4.98 Å². The van der Waals surface area contributed by atoms with Gasteiger partial charge in [-0.15, -0.1) is 0 Å². The molecule has 3 heterocycles. The van der Waals surface area contributed by atoms with E-state index in [1.807, 2.05) is 78.9 Å². The Bertz CT molecular complexity index is 1050. The quantitative estimate of drug-likeness (QED) is 0.463. The first-order chi connectivity index (χ1) is 16.8. The highest BCUT2D eigenvalue weighted by Crippen LogP contribution is 2.14. The monoisotopic (exact) mass is 457 g/mol. The lowest BCUT2D eigenvalue weighted by atomic mass is 10.2. The van der Waals surface area contributed by atoms with Gasteiger partial charge in [-0.25, -0.2) is 9.98 Å². The first kappa shape index (κ1) is 22.3. The maximum absolute atomic E-state index is 5.86. The van der Waals surface area contributed by atoms with Gasteiger partial charge in [-0.1, -0.05) is 42.5 Å². The molecule has 0 spiro atoms. The highest BCUT2D eigenvalue weighted by atomic mass is 16.5. The standard InChI is InChI=1S/C27H27N3O4/c1-3-8-20(9-4-1)26-29-24(18-33-26)16-31-14-22-12-7-13-23(28-22)15-32-17-25-19-34-27(30-25)21-10-5-2-6-11-21/h1-13,24-25H,14-19H2/t24-,25-/m1/s1. The topological polar surface area (TPSA) is 74.5 Å². The van der Waals surface area contributed by atoms with Gasteiger partial charge in [0.05, 0.1) is 37.8 Å². The van der Waals surface area contributed by atoms with E-state index >= 15 is 0 Å². The molecular formula is C27H27N3O4. The van der Waals surface area contributed by atoms with Crippen molar-refractivity contribution in [3.63, 3.8) is 0 Å². The van der Waals surface area contributed by atoms with Gasteiger partial charge in [0.25, 0.3) is 0 Å². The molecule has 0 saturated carbocycles. The van der Waals surface area contributed by atoms with Gasteiger partial charge < -0.3 is 18.9 Å². The number of hydrogen-bond acceptors (Lipinski definition) is 7. The maximum atomic E-state index is 5.86. The molecule has 5 rings (SSSR count). The molecule has 0 N–H and O–H groups in total. The van der Waals surface area contributed by atoms with E-state index < -0.39 is 0 Å². The Morgan fingerprint density at radius 1 is 0.618 bits per heavy atom. The predicted octanol–water partition coefficient (Wildman–Crippen LogP) is 3.81. The van der Waals surface area contributed by atoms with Gasteiger partial charge in [0.1, 0.15) is 25.3 Å². The van der Waals surface area contributed by atoms with Gasteiger partial charge in [0, 0.05) is 11.1 Å². The Balaban J connectivity index is 1.05. The summed E-state index contributed by atoms with van der Waals surface area (Å²) in [5, 5.41) is 0. The fourth-order valence-electron chi connectivity index (χ4n) is 3.77. The number of benzene rings is 2. The molecule has 34 heavy (non-hydrogen) atoms. The van der Waals surface area contributed by atoms with Gasteiger partial charge in [0.2, 0.25) is 11.8 Å². The van der Waals surface area contributed by atoms with Crippen LogP contribution in [-0.4, -0.2) is 55.3 Å². The first-order valence-electron chi connectivity index (χ1n) is 11.5. The molecule has 0 aliphatic carbocycles. The third kappa shape index (κ3) is 5.87. The molecule has 0 bridgehead atoms. The van der Waals surface area contributed by atoms with Gasteiger partial charge >= 0.3 is 0 Å². The summed E-state index contributed by atoms with van der Waals surface area (Å²) in [5.41, 5.74) is 3.71. The van der Waals surface area contributed by atoms with Crippen LogP contribution in [0.15, 0.2) is 88.8 Å². The lowest BCUT2D eigenvalue weighted by Crippen LogP contribution is -2.16. The minimum atomic E-state index is -0.00307. The summed E-state index contributed by atoms with van der Waals surface area (Å²) < 4.78 is 23.1. The van der Waals surface area contributed by atoms with E-state index in [2.05, 4.69) is 15.0 Å². The van der Waals surface area contributed by atoms with Crippen molar-refractivity contribution in [2.45, 2.75) is 25.3 Å². The molecule has 0 unspecified atom stereocenters. The lowest BCUT2D eigenvalue weighted by Gasteiger charge is -2.09. The molecule has 0 fully saturated rings. The van der Waals surface area contributed by atoms with E-state index in [0.29, 0.717) is 51.4 Å². The van der Waals surface area contributed by atoms with E-state index in [1.54, 1.807) is 0 Å².